The molecular weight excluding hydrogens is 468 g/mol. The van der Waals surface area contributed by atoms with Gasteiger partial charge in [-0.3, -0.25) is 10.1 Å². The summed E-state index contributed by atoms with van der Waals surface area (Å²) in [5.41, 5.74) is 6.30. The van der Waals surface area contributed by atoms with Gasteiger partial charge in [0, 0.05) is 30.5 Å². The molecule has 1 aliphatic rings. The van der Waals surface area contributed by atoms with Gasteiger partial charge in [0.1, 0.15) is 11.5 Å². The Labute approximate surface area is 207 Å². The normalized spacial score (nSPS) is 16.7. The van der Waals surface area contributed by atoms with E-state index in [0.717, 1.165) is 27.5 Å². The molecule has 0 saturated carbocycles. The molecule has 5 rings (SSSR count). The van der Waals surface area contributed by atoms with Gasteiger partial charge >= 0.3 is 5.97 Å². The van der Waals surface area contributed by atoms with Crippen LogP contribution < -0.4 is 22.9 Å². The van der Waals surface area contributed by atoms with E-state index in [9.17, 15) is 20.0 Å². The number of nitrogens with zero attached hydrogens (tertiary/aromatic N) is 1. The lowest BCUT2D eigenvalue weighted by Crippen LogP contribution is -3.00. The Morgan fingerprint density at radius 2 is 1.74 bits per heavy atom. The van der Waals surface area contributed by atoms with Crippen molar-refractivity contribution < 1.29 is 37.7 Å². The predicted molar refractivity (Wildman–Crippen MR) is 128 cm³/mol. The quantitative estimate of drug-likeness (QED) is 0.326. The SMILES string of the molecule is [Cl-].[NH3+]C1(C(=O)O)CCc2ccc(Oc3ccc([N+](=O)[O-])cc3-c3cccc4ccccc34)cc2C1. The zero-order valence-electron chi connectivity index (χ0n) is 18.7. The van der Waals surface area contributed by atoms with Gasteiger partial charge in [-0.15, -0.1) is 0 Å². The van der Waals surface area contributed by atoms with Crippen LogP contribution in [0.2, 0.25) is 0 Å². The first-order valence-electron chi connectivity index (χ1n) is 11.0. The summed E-state index contributed by atoms with van der Waals surface area (Å²) in [6.45, 7) is 0. The van der Waals surface area contributed by atoms with Gasteiger partial charge in [0.05, 0.1) is 4.92 Å². The lowest BCUT2D eigenvalue weighted by Gasteiger charge is -2.28. The number of halogens is 1. The number of carbonyl (C=O) groups is 1. The molecule has 1 unspecified atom stereocenters. The third kappa shape index (κ3) is 4.56. The Bertz CT molecular complexity index is 1450. The number of hydrogen-bond acceptors (Lipinski definition) is 4. The number of quaternary nitrogens is 1. The van der Waals surface area contributed by atoms with E-state index >= 15 is 0 Å². The molecule has 0 aromatic heterocycles. The summed E-state index contributed by atoms with van der Waals surface area (Å²) in [5.74, 6) is 0.124. The monoisotopic (exact) mass is 490 g/mol. The number of nitro benzene ring substituents is 1. The molecule has 0 bridgehead atoms. The van der Waals surface area contributed by atoms with Crippen molar-refractivity contribution in [1.82, 2.24) is 0 Å². The highest BCUT2D eigenvalue weighted by Gasteiger charge is 2.41. The summed E-state index contributed by atoms with van der Waals surface area (Å²) < 4.78 is 6.25. The molecule has 7 nitrogen and oxygen atoms in total. The number of fused-ring (bicyclic) bond motifs is 2. The van der Waals surface area contributed by atoms with Gasteiger partial charge in [-0.2, -0.15) is 0 Å². The first kappa shape index (κ1) is 24.2. The molecule has 1 aliphatic carbocycles. The van der Waals surface area contributed by atoms with Gasteiger partial charge in [-0.1, -0.05) is 48.5 Å². The maximum atomic E-state index is 11.7. The van der Waals surface area contributed by atoms with Crippen molar-refractivity contribution in [2.75, 3.05) is 0 Å². The summed E-state index contributed by atoms with van der Waals surface area (Å²) in [6, 6.07) is 23.9. The standard InChI is InChI=1S/C27H22N2O5.ClH/c28-27(26(30)31)13-12-17-8-10-21(14-19(17)16-27)34-25-11-9-20(29(32)33)15-24(25)23-7-3-5-18-4-1-2-6-22(18)23;/h1-11,14-15H,12-13,16,28H2,(H,30,31);1H. The van der Waals surface area contributed by atoms with Crippen molar-refractivity contribution in [1.29, 1.82) is 0 Å². The van der Waals surface area contributed by atoms with Gasteiger partial charge in [0.15, 0.2) is 5.54 Å². The zero-order chi connectivity index (χ0) is 23.9. The Morgan fingerprint density at radius 1 is 0.971 bits per heavy atom. The minimum Gasteiger partial charge on any atom is -1.00 e. The van der Waals surface area contributed by atoms with Gasteiger partial charge < -0.3 is 28.0 Å². The number of rotatable bonds is 5. The first-order valence-corrected chi connectivity index (χ1v) is 11.0. The molecule has 0 aliphatic heterocycles. The van der Waals surface area contributed by atoms with Crippen molar-refractivity contribution in [2.24, 2.45) is 0 Å². The molecule has 35 heavy (non-hydrogen) atoms. The maximum Gasteiger partial charge on any atom is 0.365 e. The lowest BCUT2D eigenvalue weighted by molar-refractivity contribution is -0.464. The Balaban J connectivity index is 0.00000289. The highest BCUT2D eigenvalue weighted by Crippen LogP contribution is 2.40. The summed E-state index contributed by atoms with van der Waals surface area (Å²) >= 11 is 0. The van der Waals surface area contributed by atoms with E-state index in [-0.39, 0.29) is 18.1 Å². The van der Waals surface area contributed by atoms with E-state index in [1.54, 1.807) is 6.07 Å². The second-order valence-corrected chi connectivity index (χ2v) is 8.76. The van der Waals surface area contributed by atoms with Crippen LogP contribution in [0.5, 0.6) is 11.5 Å². The minimum absolute atomic E-state index is 0. The number of aliphatic carboxylic acids is 1. The van der Waals surface area contributed by atoms with Crippen LogP contribution in [0.15, 0.2) is 78.9 Å². The van der Waals surface area contributed by atoms with Crippen LogP contribution in [-0.4, -0.2) is 21.5 Å². The third-order valence-electron chi connectivity index (χ3n) is 6.51. The predicted octanol–water partition coefficient (Wildman–Crippen LogP) is 1.77. The molecule has 1 atom stereocenters. The molecular formula is C27H23ClN2O5. The fourth-order valence-electron chi connectivity index (χ4n) is 4.60. The summed E-state index contributed by atoms with van der Waals surface area (Å²) in [5, 5.41) is 23.1. The van der Waals surface area contributed by atoms with Gasteiger partial charge in [-0.25, -0.2) is 4.79 Å². The summed E-state index contributed by atoms with van der Waals surface area (Å²) in [4.78, 5) is 22.8. The smallest absolute Gasteiger partial charge is 0.365 e. The lowest BCUT2D eigenvalue weighted by atomic mass is 9.78. The maximum absolute atomic E-state index is 11.7. The highest BCUT2D eigenvalue weighted by atomic mass is 35.5. The molecule has 4 aromatic rings. The molecule has 4 aromatic carbocycles. The third-order valence-corrected chi connectivity index (χ3v) is 6.51. The Hall–Kier alpha value is -3.94. The number of ether oxygens (including phenoxy) is 1. The van der Waals surface area contributed by atoms with Crippen molar-refractivity contribution in [3.8, 4) is 22.6 Å². The zero-order valence-corrected chi connectivity index (χ0v) is 19.5. The second-order valence-electron chi connectivity index (χ2n) is 8.76. The number of nitro groups is 1. The summed E-state index contributed by atoms with van der Waals surface area (Å²) in [7, 11) is 0. The van der Waals surface area contributed by atoms with Crippen LogP contribution in [0, 0.1) is 10.1 Å². The van der Waals surface area contributed by atoms with Crippen LogP contribution in [0.1, 0.15) is 17.5 Å². The highest BCUT2D eigenvalue weighted by molar-refractivity contribution is 5.98. The van der Waals surface area contributed by atoms with Crippen LogP contribution in [-0.2, 0) is 17.6 Å². The molecule has 4 N–H and O–H groups in total. The number of carboxylic acid groups (broad SMARTS) is 1. The van der Waals surface area contributed by atoms with Crippen molar-refractivity contribution in [3.05, 3.63) is 100 Å². The van der Waals surface area contributed by atoms with E-state index in [4.69, 9.17) is 4.74 Å². The van der Waals surface area contributed by atoms with Crippen molar-refractivity contribution in [3.63, 3.8) is 0 Å². The molecule has 0 heterocycles. The minimum atomic E-state index is -1.05. The van der Waals surface area contributed by atoms with Crippen molar-refractivity contribution in [2.45, 2.75) is 24.8 Å². The molecule has 8 heteroatoms. The topological polar surface area (TPSA) is 117 Å². The fraction of sp³-hybridized carbons (Fsp3) is 0.148. The Morgan fingerprint density at radius 3 is 2.51 bits per heavy atom. The average molecular weight is 491 g/mol. The first-order chi connectivity index (χ1) is 16.3. The number of non-ortho nitro benzene ring substituents is 1. The molecule has 0 saturated heterocycles. The largest absolute Gasteiger partial charge is 1.00 e. The van der Waals surface area contributed by atoms with E-state index in [2.05, 4.69) is 5.73 Å². The van der Waals surface area contributed by atoms with E-state index in [0.29, 0.717) is 36.3 Å². The fourth-order valence-corrected chi connectivity index (χ4v) is 4.60. The molecule has 0 fully saturated rings. The number of aryl methyl sites for hydroxylation is 1. The molecule has 0 radical (unpaired) electrons. The van der Waals surface area contributed by atoms with Crippen LogP contribution in [0.4, 0.5) is 5.69 Å². The molecule has 178 valence electrons. The van der Waals surface area contributed by atoms with E-state index in [1.165, 1.54) is 12.1 Å². The average Bonchev–Trinajstić information content (AvgIpc) is 2.83. The Kier molecular flexibility index (Phi) is 6.47. The number of hydrogen-bond donors (Lipinski definition) is 2. The van der Waals surface area contributed by atoms with Gasteiger partial charge in [0.2, 0.25) is 0 Å². The molecule has 0 spiro atoms. The van der Waals surface area contributed by atoms with Crippen LogP contribution in [0.3, 0.4) is 0 Å². The second kappa shape index (κ2) is 9.37. The number of carboxylic acids is 1. The van der Waals surface area contributed by atoms with Gasteiger partial charge in [-0.05, 0) is 52.1 Å². The van der Waals surface area contributed by atoms with Gasteiger partial charge in [0.25, 0.3) is 5.69 Å². The van der Waals surface area contributed by atoms with Crippen LogP contribution >= 0.6 is 0 Å². The van der Waals surface area contributed by atoms with E-state index in [1.807, 2.05) is 60.7 Å². The van der Waals surface area contributed by atoms with E-state index < -0.39 is 16.4 Å². The van der Waals surface area contributed by atoms with Crippen molar-refractivity contribution >= 4 is 22.4 Å². The summed E-state index contributed by atoms with van der Waals surface area (Å²) in [6.07, 6.45) is 1.46. The van der Waals surface area contributed by atoms with Crippen LogP contribution in [0.25, 0.3) is 21.9 Å². The molecule has 0 amide bonds. The number of benzene rings is 4.